The number of hydrogen-bond donors (Lipinski definition) is 0. The lowest BCUT2D eigenvalue weighted by Crippen LogP contribution is -2.31. The van der Waals surface area contributed by atoms with Crippen LogP contribution in [0.4, 0.5) is 0 Å². The fourth-order valence-electron chi connectivity index (χ4n) is 3.03. The third kappa shape index (κ3) is 4.16. The van der Waals surface area contributed by atoms with E-state index in [1.807, 2.05) is 29.2 Å². The van der Waals surface area contributed by atoms with Crippen LogP contribution >= 0.6 is 0 Å². The maximum Gasteiger partial charge on any atom is 0.223 e. The number of aryl methyl sites for hydroxylation is 1. The number of aromatic nitrogens is 1. The minimum atomic E-state index is 0.207. The first-order valence-electron chi connectivity index (χ1n) is 8.63. The molecule has 2 heterocycles. The van der Waals surface area contributed by atoms with Gasteiger partial charge < -0.3 is 14.1 Å². The van der Waals surface area contributed by atoms with E-state index in [9.17, 15) is 4.79 Å². The van der Waals surface area contributed by atoms with E-state index in [0.717, 1.165) is 37.2 Å². The summed E-state index contributed by atoms with van der Waals surface area (Å²) in [7, 11) is 1.64. The van der Waals surface area contributed by atoms with Crippen LogP contribution in [0.5, 0.6) is 5.75 Å². The quantitative estimate of drug-likeness (QED) is 0.840. The van der Waals surface area contributed by atoms with Crippen LogP contribution < -0.4 is 4.74 Å². The minimum absolute atomic E-state index is 0.207. The van der Waals surface area contributed by atoms with Crippen molar-refractivity contribution in [3.63, 3.8) is 0 Å². The molecule has 0 saturated carbocycles. The van der Waals surface area contributed by atoms with Crippen molar-refractivity contribution in [3.8, 4) is 17.1 Å². The summed E-state index contributed by atoms with van der Waals surface area (Å²) in [6, 6.07) is 7.67. The molecule has 128 valence electrons. The van der Waals surface area contributed by atoms with Gasteiger partial charge in [0.05, 0.1) is 13.3 Å². The Morgan fingerprint density at radius 3 is 2.79 bits per heavy atom. The summed E-state index contributed by atoms with van der Waals surface area (Å²) < 4.78 is 11.0. The molecule has 1 amide bonds. The summed E-state index contributed by atoms with van der Waals surface area (Å²) in [5, 5.41) is 0. The summed E-state index contributed by atoms with van der Waals surface area (Å²) in [6.07, 6.45) is 7.40. The Bertz CT molecular complexity index is 673. The molecule has 0 radical (unpaired) electrons. The number of amides is 1. The number of likely N-dealkylation sites (tertiary alicyclic amines) is 1. The predicted octanol–water partition coefficient (Wildman–Crippen LogP) is 3.69. The van der Waals surface area contributed by atoms with Gasteiger partial charge in [-0.3, -0.25) is 4.79 Å². The average Bonchev–Trinajstić information content (AvgIpc) is 2.93. The van der Waals surface area contributed by atoms with Crippen LogP contribution in [0.3, 0.4) is 0 Å². The molecule has 0 aliphatic carbocycles. The van der Waals surface area contributed by atoms with Gasteiger partial charge in [-0.2, -0.15) is 0 Å². The molecule has 5 heteroatoms. The number of benzene rings is 1. The van der Waals surface area contributed by atoms with Crippen molar-refractivity contribution in [2.45, 2.75) is 38.5 Å². The number of carbonyl (C=O) groups is 1. The fourth-order valence-corrected chi connectivity index (χ4v) is 3.03. The zero-order chi connectivity index (χ0) is 16.8. The first-order valence-corrected chi connectivity index (χ1v) is 8.63. The third-order valence-electron chi connectivity index (χ3n) is 4.42. The van der Waals surface area contributed by atoms with Crippen LogP contribution in [-0.2, 0) is 11.2 Å². The highest BCUT2D eigenvalue weighted by Crippen LogP contribution is 2.24. The van der Waals surface area contributed by atoms with Crippen molar-refractivity contribution in [1.82, 2.24) is 9.88 Å². The summed E-state index contributed by atoms with van der Waals surface area (Å²) in [5.74, 6) is 2.29. The van der Waals surface area contributed by atoms with Crippen LogP contribution in [-0.4, -0.2) is 36.0 Å². The first kappa shape index (κ1) is 16.6. The summed E-state index contributed by atoms with van der Waals surface area (Å²) in [5.41, 5.74) is 0.923. The Kier molecular flexibility index (Phi) is 5.51. The van der Waals surface area contributed by atoms with E-state index >= 15 is 0 Å². The topological polar surface area (TPSA) is 55.6 Å². The molecule has 0 atom stereocenters. The minimum Gasteiger partial charge on any atom is -0.497 e. The molecule has 1 aromatic heterocycles. The number of hydrogen-bond acceptors (Lipinski definition) is 4. The molecule has 0 bridgehead atoms. The van der Waals surface area contributed by atoms with Gasteiger partial charge in [0.15, 0.2) is 11.7 Å². The second kappa shape index (κ2) is 7.99. The lowest BCUT2D eigenvalue weighted by molar-refractivity contribution is -0.131. The van der Waals surface area contributed by atoms with Crippen molar-refractivity contribution >= 4 is 5.91 Å². The van der Waals surface area contributed by atoms with Gasteiger partial charge in [-0.15, -0.1) is 0 Å². The molecule has 1 fully saturated rings. The molecule has 24 heavy (non-hydrogen) atoms. The molecule has 5 nitrogen and oxygen atoms in total. The van der Waals surface area contributed by atoms with Crippen LogP contribution in [0.1, 0.15) is 38.0 Å². The highest BCUT2D eigenvalue weighted by molar-refractivity contribution is 5.76. The Hall–Kier alpha value is -2.30. The van der Waals surface area contributed by atoms with E-state index in [0.29, 0.717) is 24.5 Å². The van der Waals surface area contributed by atoms with Gasteiger partial charge in [-0.1, -0.05) is 25.0 Å². The molecule has 1 aromatic carbocycles. The van der Waals surface area contributed by atoms with Gasteiger partial charge in [-0.05, 0) is 25.0 Å². The molecule has 0 N–H and O–H groups in total. The Balaban J connectivity index is 1.58. The van der Waals surface area contributed by atoms with Crippen LogP contribution in [0.2, 0.25) is 0 Å². The van der Waals surface area contributed by atoms with Crippen LogP contribution in [0.15, 0.2) is 34.9 Å². The van der Waals surface area contributed by atoms with Crippen molar-refractivity contribution in [2.75, 3.05) is 20.2 Å². The monoisotopic (exact) mass is 328 g/mol. The molecular formula is C19H24N2O3. The average molecular weight is 328 g/mol. The van der Waals surface area contributed by atoms with Gasteiger partial charge in [0.25, 0.3) is 0 Å². The highest BCUT2D eigenvalue weighted by atomic mass is 16.5. The summed E-state index contributed by atoms with van der Waals surface area (Å²) >= 11 is 0. The van der Waals surface area contributed by atoms with Gasteiger partial charge >= 0.3 is 0 Å². The van der Waals surface area contributed by atoms with Gasteiger partial charge in [0, 0.05) is 31.5 Å². The number of ether oxygens (including phenoxy) is 1. The Labute approximate surface area is 142 Å². The number of rotatable bonds is 5. The lowest BCUT2D eigenvalue weighted by Gasteiger charge is -2.19. The van der Waals surface area contributed by atoms with Crippen molar-refractivity contribution < 1.29 is 13.9 Å². The molecule has 1 aliphatic heterocycles. The normalized spacial score (nSPS) is 15.1. The second-order valence-electron chi connectivity index (χ2n) is 6.15. The van der Waals surface area contributed by atoms with E-state index in [2.05, 4.69) is 4.98 Å². The van der Waals surface area contributed by atoms with Crippen LogP contribution in [0.25, 0.3) is 11.3 Å². The second-order valence-corrected chi connectivity index (χ2v) is 6.15. The molecule has 3 rings (SSSR count). The molecule has 2 aromatic rings. The molecule has 1 aliphatic rings. The molecular weight excluding hydrogens is 304 g/mol. The zero-order valence-electron chi connectivity index (χ0n) is 14.2. The standard InChI is InChI=1S/C19H24N2O3/c1-23-16-8-6-7-15(13-16)17-14-20-18(24-17)9-10-19(22)21-11-4-2-3-5-12-21/h6-8,13-14H,2-5,9-12H2,1H3. The van der Waals surface area contributed by atoms with Gasteiger partial charge in [-0.25, -0.2) is 4.98 Å². The van der Waals surface area contributed by atoms with Crippen LogP contribution in [0, 0.1) is 0 Å². The first-order chi connectivity index (χ1) is 11.8. The zero-order valence-corrected chi connectivity index (χ0v) is 14.2. The van der Waals surface area contributed by atoms with E-state index < -0.39 is 0 Å². The highest BCUT2D eigenvalue weighted by Gasteiger charge is 2.16. The number of oxazole rings is 1. The lowest BCUT2D eigenvalue weighted by atomic mass is 10.2. The smallest absolute Gasteiger partial charge is 0.223 e. The van der Waals surface area contributed by atoms with E-state index in [4.69, 9.17) is 9.15 Å². The van der Waals surface area contributed by atoms with Gasteiger partial charge in [0.1, 0.15) is 5.75 Å². The Morgan fingerprint density at radius 1 is 1.25 bits per heavy atom. The van der Waals surface area contributed by atoms with E-state index in [-0.39, 0.29) is 5.91 Å². The van der Waals surface area contributed by atoms with Crippen molar-refractivity contribution in [3.05, 3.63) is 36.4 Å². The Morgan fingerprint density at radius 2 is 2.04 bits per heavy atom. The SMILES string of the molecule is COc1cccc(-c2cnc(CCC(=O)N3CCCCCC3)o2)c1. The summed E-state index contributed by atoms with van der Waals surface area (Å²) in [4.78, 5) is 18.6. The maximum absolute atomic E-state index is 12.3. The fraction of sp³-hybridized carbons (Fsp3) is 0.474. The summed E-state index contributed by atoms with van der Waals surface area (Å²) in [6.45, 7) is 1.78. The largest absolute Gasteiger partial charge is 0.497 e. The molecule has 0 unspecified atom stereocenters. The predicted molar refractivity (Wildman–Crippen MR) is 91.9 cm³/mol. The van der Waals surface area contributed by atoms with Crippen molar-refractivity contribution in [1.29, 1.82) is 0 Å². The third-order valence-corrected chi connectivity index (χ3v) is 4.42. The van der Waals surface area contributed by atoms with Crippen molar-refractivity contribution in [2.24, 2.45) is 0 Å². The number of methoxy groups -OCH3 is 1. The van der Waals surface area contributed by atoms with E-state index in [1.54, 1.807) is 13.3 Å². The number of nitrogens with zero attached hydrogens (tertiary/aromatic N) is 2. The number of carbonyl (C=O) groups excluding carboxylic acids is 1. The maximum atomic E-state index is 12.3. The van der Waals surface area contributed by atoms with E-state index in [1.165, 1.54) is 12.8 Å². The van der Waals surface area contributed by atoms with Gasteiger partial charge in [0.2, 0.25) is 5.91 Å². The molecule has 0 spiro atoms. The molecule has 1 saturated heterocycles.